The van der Waals surface area contributed by atoms with Gasteiger partial charge in [0.05, 0.1) is 11.0 Å². The molecule has 0 saturated carbocycles. The van der Waals surface area contributed by atoms with Crippen molar-refractivity contribution in [1.29, 1.82) is 0 Å². The van der Waals surface area contributed by atoms with Crippen LogP contribution in [0.5, 0.6) is 0 Å². The molecule has 18 heavy (non-hydrogen) atoms. The van der Waals surface area contributed by atoms with E-state index in [-0.39, 0.29) is 11.9 Å². The van der Waals surface area contributed by atoms with Gasteiger partial charge in [-0.2, -0.15) is 0 Å². The van der Waals surface area contributed by atoms with E-state index in [0.717, 1.165) is 18.4 Å². The summed E-state index contributed by atoms with van der Waals surface area (Å²) >= 11 is 0. The van der Waals surface area contributed by atoms with E-state index in [4.69, 9.17) is 4.74 Å². The lowest BCUT2D eigenvalue weighted by atomic mass is 10.1. The zero-order valence-corrected chi connectivity index (χ0v) is 9.83. The Kier molecular flexibility index (Phi) is 2.76. The maximum absolute atomic E-state index is 11.2. The van der Waals surface area contributed by atoms with Crippen LogP contribution < -0.4 is 5.11 Å². The molecule has 1 aromatic carbocycles. The van der Waals surface area contributed by atoms with Crippen molar-refractivity contribution in [2.24, 2.45) is 0 Å². The molecular formula is C13H13N2O3-. The van der Waals surface area contributed by atoms with Crippen molar-refractivity contribution in [2.45, 2.75) is 18.9 Å². The summed E-state index contributed by atoms with van der Waals surface area (Å²) in [5, 5.41) is 11.2. The van der Waals surface area contributed by atoms with Crippen LogP contribution in [0, 0.1) is 0 Å². The number of nitrogens with zero attached hydrogens (tertiary/aromatic N) is 2. The Bertz CT molecular complexity index is 585. The number of carboxylic acids is 1. The highest BCUT2D eigenvalue weighted by atomic mass is 16.5. The smallest absolute Gasteiger partial charge is 0.157 e. The van der Waals surface area contributed by atoms with Crippen LogP contribution in [0.15, 0.2) is 24.3 Å². The number of hydrogen-bond donors (Lipinski definition) is 0. The van der Waals surface area contributed by atoms with Crippen LogP contribution in [0.25, 0.3) is 11.0 Å². The number of carbonyl (C=O) groups excluding carboxylic acids is 1. The van der Waals surface area contributed by atoms with Gasteiger partial charge in [0, 0.05) is 19.3 Å². The first-order valence-corrected chi connectivity index (χ1v) is 6.03. The van der Waals surface area contributed by atoms with Gasteiger partial charge >= 0.3 is 0 Å². The van der Waals surface area contributed by atoms with Crippen LogP contribution >= 0.6 is 0 Å². The van der Waals surface area contributed by atoms with Gasteiger partial charge < -0.3 is 19.2 Å². The fourth-order valence-corrected chi connectivity index (χ4v) is 2.50. The number of imidazole rings is 1. The van der Waals surface area contributed by atoms with E-state index >= 15 is 0 Å². The number of carbonyl (C=O) groups is 1. The predicted molar refractivity (Wildman–Crippen MR) is 63.2 cm³/mol. The molecule has 0 N–H and O–H groups in total. The number of benzene rings is 1. The Morgan fingerprint density at radius 1 is 1.33 bits per heavy atom. The molecule has 0 radical (unpaired) electrons. The third kappa shape index (κ3) is 1.76. The van der Waals surface area contributed by atoms with E-state index in [1.807, 2.05) is 24.3 Å². The molecular weight excluding hydrogens is 232 g/mol. The van der Waals surface area contributed by atoms with Gasteiger partial charge in [0.1, 0.15) is 5.97 Å². The molecule has 0 unspecified atom stereocenters. The second kappa shape index (κ2) is 4.42. The fraction of sp³-hybridized carbons (Fsp3) is 0.385. The van der Waals surface area contributed by atoms with Gasteiger partial charge in [-0.1, -0.05) is 12.1 Å². The van der Waals surface area contributed by atoms with Crippen molar-refractivity contribution in [1.82, 2.24) is 9.55 Å². The Balaban J connectivity index is 2.17. The minimum atomic E-state index is -1.22. The highest BCUT2D eigenvalue weighted by Crippen LogP contribution is 2.27. The second-order valence-electron chi connectivity index (χ2n) is 4.43. The molecule has 1 aliphatic heterocycles. The largest absolute Gasteiger partial charge is 0.542 e. The molecule has 0 bridgehead atoms. The number of carboxylic acid groups (broad SMARTS) is 1. The van der Waals surface area contributed by atoms with E-state index in [1.165, 1.54) is 0 Å². The van der Waals surface area contributed by atoms with Crippen molar-refractivity contribution < 1.29 is 14.6 Å². The lowest BCUT2D eigenvalue weighted by Gasteiger charge is -2.25. The summed E-state index contributed by atoms with van der Waals surface area (Å²) in [5.41, 5.74) is 1.55. The Morgan fingerprint density at radius 3 is 2.78 bits per heavy atom. The molecule has 3 rings (SSSR count). The highest BCUT2D eigenvalue weighted by Gasteiger charge is 2.21. The molecule has 5 nitrogen and oxygen atoms in total. The van der Waals surface area contributed by atoms with Gasteiger partial charge in [0.25, 0.3) is 0 Å². The molecule has 5 heteroatoms. The molecule has 1 aromatic heterocycles. The van der Waals surface area contributed by atoms with Crippen molar-refractivity contribution >= 4 is 17.0 Å². The first-order valence-electron chi connectivity index (χ1n) is 6.03. The number of hydrogen-bond acceptors (Lipinski definition) is 4. The number of aromatic nitrogens is 2. The number of aromatic carboxylic acids is 1. The van der Waals surface area contributed by atoms with Crippen LogP contribution in [-0.2, 0) is 4.74 Å². The Labute approximate surface area is 104 Å². The van der Waals surface area contributed by atoms with E-state index in [9.17, 15) is 9.90 Å². The molecule has 0 aliphatic carbocycles. The summed E-state index contributed by atoms with van der Waals surface area (Å²) < 4.78 is 7.10. The van der Waals surface area contributed by atoms with Crippen LogP contribution in [0.3, 0.4) is 0 Å². The molecule has 0 atom stereocenters. The second-order valence-corrected chi connectivity index (χ2v) is 4.43. The van der Waals surface area contributed by atoms with Crippen molar-refractivity contribution in [2.75, 3.05) is 13.2 Å². The topological polar surface area (TPSA) is 67.2 Å². The molecule has 1 saturated heterocycles. The Hall–Kier alpha value is -1.88. The van der Waals surface area contributed by atoms with E-state index in [0.29, 0.717) is 18.7 Å². The first-order chi connectivity index (χ1) is 8.77. The van der Waals surface area contributed by atoms with Gasteiger partial charge in [0.2, 0.25) is 0 Å². The normalized spacial score (nSPS) is 17.1. The highest BCUT2D eigenvalue weighted by molar-refractivity contribution is 5.88. The molecule has 1 aliphatic rings. The third-order valence-corrected chi connectivity index (χ3v) is 3.33. The minimum Gasteiger partial charge on any atom is -0.542 e. The standard InChI is InChI=1S/C13H14N2O3/c16-13(17)12-14-10-3-1-2-4-11(10)15(12)9-5-7-18-8-6-9/h1-4,9H,5-8H2,(H,16,17)/p-1. The van der Waals surface area contributed by atoms with Crippen LogP contribution in [0.4, 0.5) is 0 Å². The van der Waals surface area contributed by atoms with Gasteiger partial charge in [-0.05, 0) is 25.0 Å². The first kappa shape index (κ1) is 11.2. The van der Waals surface area contributed by atoms with Gasteiger partial charge in [-0.15, -0.1) is 0 Å². The number of fused-ring (bicyclic) bond motifs is 1. The van der Waals surface area contributed by atoms with Gasteiger partial charge in [0.15, 0.2) is 5.82 Å². The maximum atomic E-state index is 11.2. The minimum absolute atomic E-state index is 0.0168. The van der Waals surface area contributed by atoms with Crippen LogP contribution in [0.2, 0.25) is 0 Å². The molecule has 0 spiro atoms. The summed E-state index contributed by atoms with van der Waals surface area (Å²) in [7, 11) is 0. The van der Waals surface area contributed by atoms with Crippen molar-refractivity contribution in [3.05, 3.63) is 30.1 Å². The molecule has 0 amide bonds. The summed E-state index contributed by atoms with van der Waals surface area (Å²) in [5.74, 6) is -1.21. The van der Waals surface area contributed by atoms with E-state index in [2.05, 4.69) is 4.98 Å². The molecule has 2 heterocycles. The summed E-state index contributed by atoms with van der Waals surface area (Å²) in [6, 6.07) is 7.57. The molecule has 1 fully saturated rings. The van der Waals surface area contributed by atoms with Crippen molar-refractivity contribution in [3.8, 4) is 0 Å². The van der Waals surface area contributed by atoms with Crippen molar-refractivity contribution in [3.63, 3.8) is 0 Å². The molecule has 2 aromatic rings. The fourth-order valence-electron chi connectivity index (χ4n) is 2.50. The lowest BCUT2D eigenvalue weighted by molar-refractivity contribution is -0.256. The van der Waals surface area contributed by atoms with Gasteiger partial charge in [-0.25, -0.2) is 4.98 Å². The summed E-state index contributed by atoms with van der Waals surface area (Å²) in [6.07, 6.45) is 1.61. The summed E-state index contributed by atoms with van der Waals surface area (Å²) in [6.45, 7) is 1.31. The zero-order chi connectivity index (χ0) is 12.5. The quantitative estimate of drug-likeness (QED) is 0.783. The Morgan fingerprint density at radius 2 is 2.06 bits per heavy atom. The monoisotopic (exact) mass is 245 g/mol. The number of ether oxygens (including phenoxy) is 1. The average Bonchev–Trinajstić information content (AvgIpc) is 2.79. The SMILES string of the molecule is O=C([O-])c1nc2ccccc2n1C1CCOCC1. The zero-order valence-electron chi connectivity index (χ0n) is 9.83. The van der Waals surface area contributed by atoms with Gasteiger partial charge in [-0.3, -0.25) is 0 Å². The predicted octanol–water partition coefficient (Wildman–Crippen LogP) is 0.751. The molecule has 94 valence electrons. The lowest BCUT2D eigenvalue weighted by Crippen LogP contribution is -2.29. The maximum Gasteiger partial charge on any atom is 0.157 e. The van der Waals surface area contributed by atoms with Crippen LogP contribution in [0.1, 0.15) is 29.5 Å². The average molecular weight is 245 g/mol. The number of para-hydroxylation sites is 2. The van der Waals surface area contributed by atoms with Crippen LogP contribution in [-0.4, -0.2) is 28.7 Å². The van der Waals surface area contributed by atoms with E-state index < -0.39 is 5.97 Å². The van der Waals surface area contributed by atoms with E-state index in [1.54, 1.807) is 4.57 Å². The third-order valence-electron chi connectivity index (χ3n) is 3.33. The summed E-state index contributed by atoms with van der Waals surface area (Å²) in [4.78, 5) is 15.4. The number of rotatable bonds is 2.